The minimum Gasteiger partial charge on any atom is -0.484 e. The van der Waals surface area contributed by atoms with Crippen LogP contribution < -0.4 is 10.1 Å². The van der Waals surface area contributed by atoms with Gasteiger partial charge in [0.05, 0.1) is 5.56 Å². The van der Waals surface area contributed by atoms with E-state index in [1.54, 1.807) is 24.3 Å². The van der Waals surface area contributed by atoms with E-state index in [1.165, 1.54) is 6.07 Å². The van der Waals surface area contributed by atoms with Gasteiger partial charge in [-0.15, -0.1) is 0 Å². The number of rotatable bonds is 6. The lowest BCUT2D eigenvalue weighted by molar-refractivity contribution is -0.123. The molecule has 0 fully saturated rings. The van der Waals surface area contributed by atoms with Crippen LogP contribution in [0.3, 0.4) is 0 Å². The van der Waals surface area contributed by atoms with Crippen molar-refractivity contribution >= 4 is 17.5 Å². The van der Waals surface area contributed by atoms with Crippen molar-refractivity contribution in [3.8, 4) is 5.75 Å². The first-order valence-corrected chi connectivity index (χ1v) is 7.12. The maximum atomic E-state index is 13.5. The Morgan fingerprint density at radius 1 is 1.17 bits per heavy atom. The van der Waals surface area contributed by atoms with Gasteiger partial charge < -0.3 is 15.2 Å². The van der Waals surface area contributed by atoms with E-state index in [4.69, 9.17) is 16.3 Å². The molecule has 2 N–H and O–H groups in total. The van der Waals surface area contributed by atoms with Crippen LogP contribution in [-0.4, -0.2) is 24.2 Å². The van der Waals surface area contributed by atoms with Crippen molar-refractivity contribution in [1.29, 1.82) is 0 Å². The van der Waals surface area contributed by atoms with Gasteiger partial charge in [0, 0.05) is 11.6 Å². The first-order valence-electron chi connectivity index (χ1n) is 6.74. The van der Waals surface area contributed by atoms with Crippen molar-refractivity contribution in [2.45, 2.75) is 6.10 Å². The average Bonchev–Trinajstić information content (AvgIpc) is 2.52. The molecule has 1 atom stereocenters. The maximum absolute atomic E-state index is 13.5. The Balaban J connectivity index is 1.83. The zero-order valence-corrected chi connectivity index (χ0v) is 12.7. The number of ether oxygens (including phenoxy) is 1. The minimum atomic E-state index is -1.49. The van der Waals surface area contributed by atoms with Crippen molar-refractivity contribution in [3.05, 3.63) is 64.7 Å². The summed E-state index contributed by atoms with van der Waals surface area (Å²) in [7, 11) is 0. The van der Waals surface area contributed by atoms with Gasteiger partial charge in [-0.25, -0.2) is 8.78 Å². The van der Waals surface area contributed by atoms with E-state index in [-0.39, 0.29) is 13.2 Å². The minimum absolute atomic E-state index is 0.298. The third kappa shape index (κ3) is 4.91. The number of aliphatic hydroxyl groups excluding tert-OH is 1. The van der Waals surface area contributed by atoms with Gasteiger partial charge in [0.25, 0.3) is 5.91 Å². The number of aliphatic hydroxyl groups is 1. The Morgan fingerprint density at radius 2 is 1.78 bits per heavy atom. The van der Waals surface area contributed by atoms with Crippen LogP contribution in [0.2, 0.25) is 5.02 Å². The highest BCUT2D eigenvalue weighted by atomic mass is 35.5. The smallest absolute Gasteiger partial charge is 0.258 e. The van der Waals surface area contributed by atoms with E-state index >= 15 is 0 Å². The van der Waals surface area contributed by atoms with Crippen LogP contribution in [0.25, 0.3) is 0 Å². The number of benzene rings is 2. The second-order valence-electron chi connectivity index (χ2n) is 4.70. The Morgan fingerprint density at radius 3 is 2.39 bits per heavy atom. The van der Waals surface area contributed by atoms with E-state index in [1.807, 2.05) is 0 Å². The molecule has 0 aromatic heterocycles. The van der Waals surface area contributed by atoms with Crippen LogP contribution in [0.4, 0.5) is 8.78 Å². The van der Waals surface area contributed by atoms with E-state index in [0.717, 1.165) is 12.1 Å². The van der Waals surface area contributed by atoms with Crippen LogP contribution in [0.5, 0.6) is 5.75 Å². The summed E-state index contributed by atoms with van der Waals surface area (Å²) in [5, 5.41) is 12.7. The molecular formula is C16H14ClF2NO3. The van der Waals surface area contributed by atoms with Crippen LogP contribution >= 0.6 is 11.6 Å². The summed E-state index contributed by atoms with van der Waals surface area (Å²) in [4.78, 5) is 11.6. The molecule has 2 rings (SSSR count). The highest BCUT2D eigenvalue weighted by Crippen LogP contribution is 2.20. The topological polar surface area (TPSA) is 58.6 Å². The summed E-state index contributed by atoms with van der Waals surface area (Å²) < 4.78 is 32.2. The number of amides is 1. The summed E-state index contributed by atoms with van der Waals surface area (Å²) >= 11 is 5.72. The molecule has 1 unspecified atom stereocenters. The fourth-order valence-electron chi connectivity index (χ4n) is 1.87. The Labute approximate surface area is 136 Å². The highest BCUT2D eigenvalue weighted by Gasteiger charge is 2.18. The normalized spacial score (nSPS) is 11.8. The monoisotopic (exact) mass is 341 g/mol. The summed E-state index contributed by atoms with van der Waals surface area (Å²) in [5.41, 5.74) is -0.480. The van der Waals surface area contributed by atoms with Gasteiger partial charge in [-0.3, -0.25) is 4.79 Å². The van der Waals surface area contributed by atoms with Gasteiger partial charge in [-0.1, -0.05) is 17.7 Å². The fourth-order valence-corrected chi connectivity index (χ4v) is 2.00. The molecule has 0 heterocycles. The molecule has 2 aromatic carbocycles. The van der Waals surface area contributed by atoms with Crippen LogP contribution in [0.15, 0.2) is 42.5 Å². The molecule has 122 valence electrons. The molecule has 0 saturated carbocycles. The first kappa shape index (κ1) is 17.2. The summed E-state index contributed by atoms with van der Waals surface area (Å²) in [6.07, 6.45) is -1.49. The molecule has 23 heavy (non-hydrogen) atoms. The lowest BCUT2D eigenvalue weighted by Gasteiger charge is -2.14. The molecule has 0 saturated heterocycles. The van der Waals surface area contributed by atoms with Crippen LogP contribution in [0.1, 0.15) is 11.7 Å². The Hall–Kier alpha value is -2.18. The summed E-state index contributed by atoms with van der Waals surface area (Å²) in [5.74, 6) is -1.82. The van der Waals surface area contributed by atoms with Gasteiger partial charge in [-0.05, 0) is 36.4 Å². The number of hydrogen-bond donors (Lipinski definition) is 2. The van der Waals surface area contributed by atoms with E-state index < -0.39 is 29.2 Å². The van der Waals surface area contributed by atoms with Crippen molar-refractivity contribution < 1.29 is 23.4 Å². The van der Waals surface area contributed by atoms with Gasteiger partial charge in [0.1, 0.15) is 23.5 Å². The Kier molecular flexibility index (Phi) is 5.90. The average molecular weight is 342 g/mol. The first-order chi connectivity index (χ1) is 11.0. The van der Waals surface area contributed by atoms with Crippen molar-refractivity contribution in [3.63, 3.8) is 0 Å². The largest absolute Gasteiger partial charge is 0.484 e. The van der Waals surface area contributed by atoms with Gasteiger partial charge in [0.15, 0.2) is 6.61 Å². The molecule has 4 nitrogen and oxygen atoms in total. The fraction of sp³-hybridized carbons (Fsp3) is 0.188. The maximum Gasteiger partial charge on any atom is 0.258 e. The third-order valence-corrected chi connectivity index (χ3v) is 3.26. The molecule has 0 aliphatic heterocycles. The van der Waals surface area contributed by atoms with E-state index in [0.29, 0.717) is 10.8 Å². The van der Waals surface area contributed by atoms with Gasteiger partial charge in [0.2, 0.25) is 0 Å². The molecule has 7 heteroatoms. The highest BCUT2D eigenvalue weighted by molar-refractivity contribution is 6.30. The summed E-state index contributed by atoms with van der Waals surface area (Å²) in [6, 6.07) is 9.68. The van der Waals surface area contributed by atoms with E-state index in [9.17, 15) is 18.7 Å². The zero-order valence-electron chi connectivity index (χ0n) is 11.9. The number of nitrogens with one attached hydrogen (secondary N) is 1. The second-order valence-corrected chi connectivity index (χ2v) is 5.13. The molecule has 1 amide bonds. The van der Waals surface area contributed by atoms with Gasteiger partial charge in [-0.2, -0.15) is 0 Å². The predicted octanol–water partition coefficient (Wildman–Crippen LogP) is 2.85. The summed E-state index contributed by atoms with van der Waals surface area (Å²) in [6.45, 7) is -0.630. The standard InChI is InChI=1S/C16H14ClF2NO3/c17-10-4-6-11(7-5-10)23-9-15(22)20-8-14(21)16-12(18)2-1-3-13(16)19/h1-7,14,21H,8-9H2,(H,20,22). The zero-order chi connectivity index (χ0) is 16.8. The molecule has 2 aromatic rings. The molecule has 0 spiro atoms. The van der Waals surface area contributed by atoms with Crippen molar-refractivity contribution in [1.82, 2.24) is 5.32 Å². The molecule has 0 aliphatic carbocycles. The molecular weight excluding hydrogens is 328 g/mol. The third-order valence-electron chi connectivity index (χ3n) is 3.01. The molecule has 0 aliphatic rings. The molecule has 0 bridgehead atoms. The quantitative estimate of drug-likeness (QED) is 0.849. The number of hydrogen-bond acceptors (Lipinski definition) is 3. The lowest BCUT2D eigenvalue weighted by atomic mass is 10.1. The van der Waals surface area contributed by atoms with Crippen LogP contribution in [0, 0.1) is 11.6 Å². The number of halogens is 3. The number of carbonyl (C=O) groups is 1. The predicted molar refractivity (Wildman–Crippen MR) is 81.3 cm³/mol. The van der Waals surface area contributed by atoms with Crippen LogP contribution in [-0.2, 0) is 4.79 Å². The Bertz CT molecular complexity index is 659. The van der Waals surface area contributed by atoms with Crippen molar-refractivity contribution in [2.24, 2.45) is 0 Å². The van der Waals surface area contributed by atoms with Crippen molar-refractivity contribution in [2.75, 3.05) is 13.2 Å². The SMILES string of the molecule is O=C(COc1ccc(Cl)cc1)NCC(O)c1c(F)cccc1F. The number of carbonyl (C=O) groups excluding carboxylic acids is 1. The van der Waals surface area contributed by atoms with Gasteiger partial charge >= 0.3 is 0 Å². The van der Waals surface area contributed by atoms with E-state index in [2.05, 4.69) is 5.32 Å². The molecule has 0 radical (unpaired) electrons. The lowest BCUT2D eigenvalue weighted by Crippen LogP contribution is -2.32. The second kappa shape index (κ2) is 7.89.